The lowest BCUT2D eigenvalue weighted by atomic mass is 9.47. The number of nitrogens with one attached hydrogen (secondary N) is 1. The second kappa shape index (κ2) is 8.21. The first-order chi connectivity index (χ1) is 15.8. The molecule has 2 amide bonds. The Morgan fingerprint density at radius 2 is 2.00 bits per heavy atom. The second-order valence-corrected chi connectivity index (χ2v) is 11.2. The zero-order valence-corrected chi connectivity index (χ0v) is 20.0. The zero-order chi connectivity index (χ0) is 23.4. The fourth-order valence-electron chi connectivity index (χ4n) is 8.29. The highest BCUT2D eigenvalue weighted by molar-refractivity contribution is 5.90. The number of rotatable bonds is 4. The van der Waals surface area contributed by atoms with Crippen LogP contribution in [0.3, 0.4) is 0 Å². The summed E-state index contributed by atoms with van der Waals surface area (Å²) in [5.41, 5.74) is 0.231. The molecule has 0 unspecified atom stereocenters. The van der Waals surface area contributed by atoms with Gasteiger partial charge in [-0.3, -0.25) is 9.59 Å². The van der Waals surface area contributed by atoms with Gasteiger partial charge in [-0.2, -0.15) is 0 Å². The summed E-state index contributed by atoms with van der Waals surface area (Å²) < 4.78 is 13.1. The number of halogens is 1. The van der Waals surface area contributed by atoms with Crippen molar-refractivity contribution >= 4 is 17.6 Å². The van der Waals surface area contributed by atoms with Gasteiger partial charge in [0, 0.05) is 24.4 Å². The minimum atomic E-state index is -0.404. The van der Waals surface area contributed by atoms with Crippen LogP contribution in [-0.2, 0) is 9.59 Å². The van der Waals surface area contributed by atoms with E-state index in [-0.39, 0.29) is 22.6 Å². The van der Waals surface area contributed by atoms with Crippen molar-refractivity contribution in [1.82, 2.24) is 9.88 Å². The number of hydrogen-bond donors (Lipinski definition) is 1. The van der Waals surface area contributed by atoms with Crippen molar-refractivity contribution < 1.29 is 14.0 Å². The Kier molecular flexibility index (Phi) is 5.61. The monoisotopic (exact) mass is 453 g/mol. The molecule has 0 aromatic carbocycles. The lowest BCUT2D eigenvalue weighted by Gasteiger charge is -2.60. The molecule has 3 aliphatic carbocycles. The smallest absolute Gasteiger partial charge is 0.246 e. The lowest BCUT2D eigenvalue weighted by molar-refractivity contribution is -0.141. The Balaban J connectivity index is 1.31. The fourth-order valence-corrected chi connectivity index (χ4v) is 8.29. The Morgan fingerprint density at radius 1 is 1.18 bits per heavy atom. The van der Waals surface area contributed by atoms with E-state index in [4.69, 9.17) is 0 Å². The second-order valence-electron chi connectivity index (χ2n) is 11.2. The number of nitrogens with zero attached hydrogens (tertiary/aromatic N) is 2. The van der Waals surface area contributed by atoms with Gasteiger partial charge in [-0.05, 0) is 92.7 Å². The van der Waals surface area contributed by atoms with E-state index >= 15 is 0 Å². The van der Waals surface area contributed by atoms with Gasteiger partial charge in [-0.15, -0.1) is 0 Å². The summed E-state index contributed by atoms with van der Waals surface area (Å²) >= 11 is 0. The largest absolute Gasteiger partial charge is 0.336 e. The molecule has 5 rings (SSSR count). The average molecular weight is 454 g/mol. The molecule has 6 heteroatoms. The highest BCUT2D eigenvalue weighted by Crippen LogP contribution is 2.66. The third-order valence-corrected chi connectivity index (χ3v) is 9.94. The number of amides is 2. The standard InChI is InChI=1S/C27H36FN3O2/c1-4-31-22-9-7-19-20-8-5-17(15-24(32)30-23-10-6-18(28)16-29-23)26(20,2)13-11-21(19)27(22,3)14-12-25(31)33/h6,10,12,14,16-17,19-22H,4-5,7-9,11,13,15H2,1-3H3,(H,29,30,32)/t17-,19+,20+,21+,22-,26-,27-/m1/s1. The molecule has 0 bridgehead atoms. The zero-order valence-electron chi connectivity index (χ0n) is 20.0. The Hall–Kier alpha value is -2.24. The van der Waals surface area contributed by atoms with Crippen LogP contribution in [0.1, 0.15) is 65.7 Å². The first-order valence-corrected chi connectivity index (χ1v) is 12.7. The number of fused-ring (bicyclic) bond motifs is 5. The van der Waals surface area contributed by atoms with E-state index in [1.807, 2.05) is 6.08 Å². The van der Waals surface area contributed by atoms with E-state index in [0.717, 1.165) is 32.0 Å². The summed E-state index contributed by atoms with van der Waals surface area (Å²) in [4.78, 5) is 31.3. The molecule has 1 aromatic heterocycles. The van der Waals surface area contributed by atoms with E-state index in [1.54, 1.807) is 0 Å². The van der Waals surface area contributed by atoms with Crippen LogP contribution in [0, 0.1) is 40.3 Å². The van der Waals surface area contributed by atoms with E-state index in [2.05, 4.69) is 42.0 Å². The van der Waals surface area contributed by atoms with Crippen LogP contribution in [0.5, 0.6) is 0 Å². The van der Waals surface area contributed by atoms with E-state index in [1.165, 1.54) is 31.4 Å². The maximum Gasteiger partial charge on any atom is 0.246 e. The molecule has 3 fully saturated rings. The minimum absolute atomic E-state index is 0.0221. The van der Waals surface area contributed by atoms with Gasteiger partial charge in [0.2, 0.25) is 11.8 Å². The number of pyridine rings is 1. The number of carbonyl (C=O) groups is 2. The van der Waals surface area contributed by atoms with Gasteiger partial charge in [0.25, 0.3) is 0 Å². The third-order valence-electron chi connectivity index (χ3n) is 9.94. The Bertz CT molecular complexity index is 963. The highest BCUT2D eigenvalue weighted by atomic mass is 19.1. The molecular weight excluding hydrogens is 417 g/mol. The van der Waals surface area contributed by atoms with Gasteiger partial charge in [0.1, 0.15) is 11.6 Å². The van der Waals surface area contributed by atoms with Gasteiger partial charge < -0.3 is 10.2 Å². The summed E-state index contributed by atoms with van der Waals surface area (Å²) in [5, 5.41) is 2.86. The maximum absolute atomic E-state index is 13.1. The first kappa shape index (κ1) is 22.5. The molecule has 178 valence electrons. The van der Waals surface area contributed by atoms with Crippen molar-refractivity contribution in [3.63, 3.8) is 0 Å². The third kappa shape index (κ3) is 3.60. The van der Waals surface area contributed by atoms with Crippen LogP contribution >= 0.6 is 0 Å². The van der Waals surface area contributed by atoms with Crippen molar-refractivity contribution in [2.45, 2.75) is 71.8 Å². The molecule has 0 spiro atoms. The normalized spacial score (nSPS) is 39.6. The number of aromatic nitrogens is 1. The Morgan fingerprint density at radius 3 is 2.73 bits per heavy atom. The van der Waals surface area contributed by atoms with Crippen molar-refractivity contribution in [3.05, 3.63) is 36.3 Å². The van der Waals surface area contributed by atoms with Gasteiger partial charge in [-0.25, -0.2) is 9.37 Å². The van der Waals surface area contributed by atoms with E-state index < -0.39 is 5.82 Å². The van der Waals surface area contributed by atoms with Crippen LogP contribution < -0.4 is 5.32 Å². The summed E-state index contributed by atoms with van der Waals surface area (Å²) in [6.45, 7) is 7.68. The van der Waals surface area contributed by atoms with Crippen molar-refractivity contribution in [2.24, 2.45) is 34.5 Å². The topological polar surface area (TPSA) is 62.3 Å². The molecule has 4 aliphatic rings. The van der Waals surface area contributed by atoms with Gasteiger partial charge in [0.05, 0.1) is 6.20 Å². The van der Waals surface area contributed by atoms with Crippen LogP contribution in [-0.4, -0.2) is 34.3 Å². The average Bonchev–Trinajstić information content (AvgIpc) is 3.12. The van der Waals surface area contributed by atoms with Crippen LogP contribution in [0.4, 0.5) is 10.2 Å². The number of likely N-dealkylation sites (N-methyl/N-ethyl adjacent to an activating group) is 1. The van der Waals surface area contributed by atoms with E-state index in [9.17, 15) is 14.0 Å². The van der Waals surface area contributed by atoms with Gasteiger partial charge >= 0.3 is 0 Å². The number of anilines is 1. The number of carbonyl (C=O) groups excluding carboxylic acids is 2. The molecule has 1 aliphatic heterocycles. The molecule has 0 saturated heterocycles. The van der Waals surface area contributed by atoms with Gasteiger partial charge in [-0.1, -0.05) is 19.9 Å². The van der Waals surface area contributed by atoms with E-state index in [0.29, 0.717) is 42.0 Å². The molecule has 2 heterocycles. The molecule has 7 atom stereocenters. The van der Waals surface area contributed by atoms with Crippen LogP contribution in [0.25, 0.3) is 0 Å². The molecule has 33 heavy (non-hydrogen) atoms. The predicted molar refractivity (Wildman–Crippen MR) is 126 cm³/mol. The molecule has 1 aromatic rings. The van der Waals surface area contributed by atoms with Crippen LogP contribution in [0.15, 0.2) is 30.5 Å². The summed E-state index contributed by atoms with van der Waals surface area (Å²) in [7, 11) is 0. The molecule has 5 nitrogen and oxygen atoms in total. The van der Waals surface area contributed by atoms with Crippen LogP contribution in [0.2, 0.25) is 0 Å². The lowest BCUT2D eigenvalue weighted by Crippen LogP contribution is -2.60. The van der Waals surface area contributed by atoms with Gasteiger partial charge in [0.15, 0.2) is 0 Å². The van der Waals surface area contributed by atoms with Crippen molar-refractivity contribution in [2.75, 3.05) is 11.9 Å². The SMILES string of the molecule is CCN1C(=O)C=C[C@]2(C)[C@H]3CC[C@]4(C)[C@@H](CC(=O)Nc5ccc(F)cn5)CC[C@H]4[C@@H]3CC[C@@H]12. The highest BCUT2D eigenvalue weighted by Gasteiger charge is 2.60. The first-order valence-electron chi connectivity index (χ1n) is 12.7. The molecular formula is C27H36FN3O2. The quantitative estimate of drug-likeness (QED) is 0.682. The molecule has 0 radical (unpaired) electrons. The predicted octanol–water partition coefficient (Wildman–Crippen LogP) is 5.20. The molecule has 3 saturated carbocycles. The maximum atomic E-state index is 13.1. The minimum Gasteiger partial charge on any atom is -0.336 e. The summed E-state index contributed by atoms with van der Waals surface area (Å²) in [5.74, 6) is 2.42. The summed E-state index contributed by atoms with van der Waals surface area (Å²) in [6.07, 6.45) is 12.5. The Labute approximate surface area is 196 Å². The fraction of sp³-hybridized carbons (Fsp3) is 0.667. The molecule has 1 N–H and O–H groups in total. The number of hydrogen-bond acceptors (Lipinski definition) is 3. The van der Waals surface area contributed by atoms with Crippen molar-refractivity contribution in [3.8, 4) is 0 Å². The van der Waals surface area contributed by atoms with Crippen molar-refractivity contribution in [1.29, 1.82) is 0 Å². The summed E-state index contributed by atoms with van der Waals surface area (Å²) in [6, 6.07) is 3.15.